The van der Waals surface area contributed by atoms with Crippen LogP contribution in [0.5, 0.6) is 0 Å². The zero-order valence-corrected chi connectivity index (χ0v) is 11.7. The highest BCUT2D eigenvalue weighted by molar-refractivity contribution is 5.83. The van der Waals surface area contributed by atoms with E-state index in [1.165, 1.54) is 14.0 Å². The molecule has 0 aromatic carbocycles. The molecule has 0 saturated carbocycles. The Bertz CT molecular complexity index is 307. The lowest BCUT2D eigenvalue weighted by Gasteiger charge is -2.37. The Hall–Kier alpha value is -1.10. The van der Waals surface area contributed by atoms with Crippen molar-refractivity contribution in [2.75, 3.05) is 20.2 Å². The second-order valence-corrected chi connectivity index (χ2v) is 5.25. The fraction of sp³-hybridized carbons (Fsp3) is 0.846. The lowest BCUT2D eigenvalue weighted by Crippen LogP contribution is -2.52. The van der Waals surface area contributed by atoms with E-state index in [2.05, 4.69) is 24.1 Å². The van der Waals surface area contributed by atoms with Gasteiger partial charge in [0.15, 0.2) is 0 Å². The molecular weight excluding hydrogens is 232 g/mol. The Morgan fingerprint density at radius 1 is 1.44 bits per heavy atom. The van der Waals surface area contributed by atoms with E-state index in [-0.39, 0.29) is 11.9 Å². The number of ether oxygens (including phenoxy) is 1. The minimum absolute atomic E-state index is 0.205. The van der Waals surface area contributed by atoms with Gasteiger partial charge in [0.2, 0.25) is 5.91 Å². The number of piperidine rings is 1. The highest BCUT2D eigenvalue weighted by atomic mass is 16.5. The van der Waals surface area contributed by atoms with Crippen LogP contribution < -0.4 is 5.32 Å². The first-order valence-corrected chi connectivity index (χ1v) is 6.53. The van der Waals surface area contributed by atoms with Gasteiger partial charge in [0.1, 0.15) is 6.04 Å². The molecule has 5 nitrogen and oxygen atoms in total. The lowest BCUT2D eigenvalue weighted by molar-refractivity contribution is -0.145. The minimum Gasteiger partial charge on any atom is -0.467 e. The molecule has 1 rings (SSSR count). The van der Waals surface area contributed by atoms with Gasteiger partial charge in [-0.1, -0.05) is 6.92 Å². The molecule has 0 aromatic rings. The summed E-state index contributed by atoms with van der Waals surface area (Å²) in [4.78, 5) is 25.0. The summed E-state index contributed by atoms with van der Waals surface area (Å²) in [5.41, 5.74) is 0. The van der Waals surface area contributed by atoms with Crippen molar-refractivity contribution in [2.24, 2.45) is 5.92 Å². The number of hydrogen-bond acceptors (Lipinski definition) is 4. The molecule has 0 aliphatic carbocycles. The summed E-state index contributed by atoms with van der Waals surface area (Å²) >= 11 is 0. The number of rotatable bonds is 4. The molecule has 3 unspecified atom stereocenters. The van der Waals surface area contributed by atoms with E-state index in [9.17, 15) is 9.59 Å². The first kappa shape index (κ1) is 15.0. The van der Waals surface area contributed by atoms with Crippen LogP contribution in [0, 0.1) is 5.92 Å². The predicted octanol–water partition coefficient (Wildman–Crippen LogP) is 0.784. The van der Waals surface area contributed by atoms with Crippen LogP contribution in [0.2, 0.25) is 0 Å². The fourth-order valence-corrected chi connectivity index (χ4v) is 2.53. The van der Waals surface area contributed by atoms with Crippen LogP contribution >= 0.6 is 0 Å². The van der Waals surface area contributed by atoms with E-state index < -0.39 is 6.04 Å². The van der Waals surface area contributed by atoms with Crippen molar-refractivity contribution in [2.45, 2.75) is 45.7 Å². The van der Waals surface area contributed by atoms with Crippen LogP contribution in [0.1, 0.15) is 33.6 Å². The lowest BCUT2D eigenvalue weighted by atomic mass is 9.93. The van der Waals surface area contributed by atoms with Crippen LogP contribution in [-0.4, -0.2) is 49.1 Å². The number of carbonyl (C=O) groups is 2. The van der Waals surface area contributed by atoms with Crippen molar-refractivity contribution in [3.05, 3.63) is 0 Å². The Labute approximate surface area is 109 Å². The third-order valence-electron chi connectivity index (χ3n) is 3.56. The van der Waals surface area contributed by atoms with Gasteiger partial charge in [-0.05, 0) is 32.2 Å². The average Bonchev–Trinajstić information content (AvgIpc) is 2.30. The molecule has 1 amide bonds. The highest BCUT2D eigenvalue weighted by Crippen LogP contribution is 2.22. The van der Waals surface area contributed by atoms with Crippen LogP contribution in [0.3, 0.4) is 0 Å². The van der Waals surface area contributed by atoms with E-state index in [4.69, 9.17) is 4.74 Å². The third kappa shape index (κ3) is 4.29. The van der Waals surface area contributed by atoms with E-state index >= 15 is 0 Å². The van der Waals surface area contributed by atoms with Gasteiger partial charge in [-0.15, -0.1) is 0 Å². The van der Waals surface area contributed by atoms with Crippen molar-refractivity contribution < 1.29 is 14.3 Å². The fourth-order valence-electron chi connectivity index (χ4n) is 2.53. The molecule has 18 heavy (non-hydrogen) atoms. The molecule has 0 radical (unpaired) electrons. The van der Waals surface area contributed by atoms with Crippen LogP contribution in [0.4, 0.5) is 0 Å². The Kier molecular flexibility index (Phi) is 5.59. The minimum atomic E-state index is -0.566. The van der Waals surface area contributed by atoms with Crippen molar-refractivity contribution in [1.29, 1.82) is 0 Å². The van der Waals surface area contributed by atoms with Crippen molar-refractivity contribution in [1.82, 2.24) is 10.2 Å². The maximum atomic E-state index is 11.6. The van der Waals surface area contributed by atoms with Gasteiger partial charge in [-0.3, -0.25) is 9.69 Å². The second-order valence-electron chi connectivity index (χ2n) is 5.25. The zero-order chi connectivity index (χ0) is 13.7. The summed E-state index contributed by atoms with van der Waals surface area (Å²) in [5.74, 6) is 0.146. The molecule has 104 valence electrons. The normalized spacial score (nSPS) is 26.4. The number of amides is 1. The third-order valence-corrected chi connectivity index (χ3v) is 3.56. The van der Waals surface area contributed by atoms with Gasteiger partial charge in [-0.25, -0.2) is 4.79 Å². The first-order valence-electron chi connectivity index (χ1n) is 6.53. The van der Waals surface area contributed by atoms with Crippen molar-refractivity contribution in [3.8, 4) is 0 Å². The first-order chi connectivity index (χ1) is 8.43. The SMILES string of the molecule is COC(=O)C(CN1CCC(C)CC1C)NC(C)=O. The second kappa shape index (κ2) is 6.73. The number of esters is 1. The molecule has 1 aliphatic heterocycles. The molecule has 0 bridgehead atoms. The number of hydrogen-bond donors (Lipinski definition) is 1. The quantitative estimate of drug-likeness (QED) is 0.755. The number of nitrogens with one attached hydrogen (secondary N) is 1. The number of methoxy groups -OCH3 is 1. The average molecular weight is 256 g/mol. The van der Waals surface area contributed by atoms with Crippen LogP contribution in [0.15, 0.2) is 0 Å². The summed E-state index contributed by atoms with van der Waals surface area (Å²) in [6, 6.07) is -0.127. The van der Waals surface area contributed by atoms with E-state index in [0.717, 1.165) is 25.3 Å². The Morgan fingerprint density at radius 2 is 2.11 bits per heavy atom. The molecule has 1 N–H and O–H groups in total. The molecule has 1 saturated heterocycles. The van der Waals surface area contributed by atoms with Crippen molar-refractivity contribution in [3.63, 3.8) is 0 Å². The molecule has 5 heteroatoms. The molecule has 1 aliphatic rings. The zero-order valence-electron chi connectivity index (χ0n) is 11.7. The van der Waals surface area contributed by atoms with Gasteiger partial charge in [-0.2, -0.15) is 0 Å². The predicted molar refractivity (Wildman–Crippen MR) is 69.1 cm³/mol. The number of likely N-dealkylation sites (tertiary alicyclic amines) is 1. The Balaban J connectivity index is 2.59. The van der Waals surface area contributed by atoms with Gasteiger partial charge in [0, 0.05) is 19.5 Å². The maximum Gasteiger partial charge on any atom is 0.329 e. The molecule has 1 heterocycles. The maximum absolute atomic E-state index is 11.6. The van der Waals surface area contributed by atoms with Crippen molar-refractivity contribution >= 4 is 11.9 Å². The monoisotopic (exact) mass is 256 g/mol. The van der Waals surface area contributed by atoms with E-state index in [0.29, 0.717) is 12.6 Å². The smallest absolute Gasteiger partial charge is 0.329 e. The van der Waals surface area contributed by atoms with Crippen LogP contribution in [-0.2, 0) is 14.3 Å². The number of nitrogens with zero attached hydrogens (tertiary/aromatic N) is 1. The molecule has 0 spiro atoms. The molecule has 1 fully saturated rings. The topological polar surface area (TPSA) is 58.6 Å². The van der Waals surface area contributed by atoms with Gasteiger partial charge in [0.05, 0.1) is 7.11 Å². The highest BCUT2D eigenvalue weighted by Gasteiger charge is 2.28. The molecular formula is C13H24N2O3. The van der Waals surface area contributed by atoms with E-state index in [1.807, 2.05) is 0 Å². The Morgan fingerprint density at radius 3 is 2.61 bits per heavy atom. The largest absolute Gasteiger partial charge is 0.467 e. The van der Waals surface area contributed by atoms with Gasteiger partial charge >= 0.3 is 5.97 Å². The number of carbonyl (C=O) groups excluding carboxylic acids is 2. The molecule has 3 atom stereocenters. The van der Waals surface area contributed by atoms with Crippen LogP contribution in [0.25, 0.3) is 0 Å². The van der Waals surface area contributed by atoms with Gasteiger partial charge in [0.25, 0.3) is 0 Å². The summed E-state index contributed by atoms with van der Waals surface area (Å²) in [7, 11) is 1.35. The summed E-state index contributed by atoms with van der Waals surface area (Å²) in [6.45, 7) is 7.32. The summed E-state index contributed by atoms with van der Waals surface area (Å²) in [6.07, 6.45) is 2.27. The van der Waals surface area contributed by atoms with E-state index in [1.54, 1.807) is 0 Å². The summed E-state index contributed by atoms with van der Waals surface area (Å²) in [5, 5.41) is 2.65. The molecule has 0 aromatic heterocycles. The summed E-state index contributed by atoms with van der Waals surface area (Å²) < 4.78 is 4.73. The van der Waals surface area contributed by atoms with Gasteiger partial charge < -0.3 is 10.1 Å². The standard InChI is InChI=1S/C13H24N2O3/c1-9-5-6-15(10(2)7-9)8-12(13(17)18-4)14-11(3)16/h9-10,12H,5-8H2,1-4H3,(H,14,16).